The molecule has 9 heteroatoms. The first-order chi connectivity index (χ1) is 16.3. The number of carbonyl (C=O) groups is 3. The van der Waals surface area contributed by atoms with Gasteiger partial charge < -0.3 is 30.0 Å². The number of aliphatic hydroxyl groups is 1. The minimum absolute atomic E-state index is 0.0525. The monoisotopic (exact) mass is 472 g/mol. The number of hydrogen-bond donors (Lipinski definition) is 3. The van der Waals surface area contributed by atoms with Gasteiger partial charge in [-0.05, 0) is 32.3 Å². The molecule has 2 heterocycles. The van der Waals surface area contributed by atoms with Gasteiger partial charge in [0.25, 0.3) is 5.91 Å². The summed E-state index contributed by atoms with van der Waals surface area (Å²) in [7, 11) is 4.65. The molecule has 184 valence electrons. The van der Waals surface area contributed by atoms with Gasteiger partial charge in [0.1, 0.15) is 24.1 Å². The number of ether oxygens (including phenoxy) is 3. The summed E-state index contributed by atoms with van der Waals surface area (Å²) in [5, 5.41) is 16.1. The number of ketones is 2. The summed E-state index contributed by atoms with van der Waals surface area (Å²) < 4.78 is 17.0. The molecule has 4 atom stereocenters. The van der Waals surface area contributed by atoms with Crippen LogP contribution >= 0.6 is 0 Å². The summed E-state index contributed by atoms with van der Waals surface area (Å²) in [6.07, 6.45) is 7.47. The molecule has 9 nitrogen and oxygen atoms in total. The highest BCUT2D eigenvalue weighted by molar-refractivity contribution is 6.23. The first-order valence-corrected chi connectivity index (χ1v) is 11.3. The second-order valence-corrected chi connectivity index (χ2v) is 8.35. The van der Waals surface area contributed by atoms with E-state index in [0.29, 0.717) is 42.6 Å². The standard InChI is InChI=1S/C25H32N2O7/c1-14-7-5-10-20(33-4)24(30)21-12-11-19(34-21)18(32-3)9-6-8-15-22(26-2)17(28)13-16(23(15)29)27-25(14)31/h5,7,10,12-13,18-20,24,26,30H,6,8-9,11H2,1-4H3,(H,27,31)/b10-5-,14-7+/t18-,19?,20-,24+/m0/s1. The SMILES string of the molecule is CNC1=C2CCC[C@H](OC)C3CC=C(O3)[C@H](O)[C@@H](OC)/C=C\C=C(/C)C(=O)NC(=CC1=O)C2=O. The van der Waals surface area contributed by atoms with Crippen LogP contribution in [-0.2, 0) is 28.6 Å². The first kappa shape index (κ1) is 25.6. The van der Waals surface area contributed by atoms with Crippen LogP contribution in [0.1, 0.15) is 32.6 Å². The van der Waals surface area contributed by atoms with E-state index in [-0.39, 0.29) is 35.2 Å². The molecule has 0 radical (unpaired) electrons. The minimum Gasteiger partial charge on any atom is -0.489 e. The van der Waals surface area contributed by atoms with Crippen molar-refractivity contribution in [2.75, 3.05) is 21.3 Å². The molecule has 0 aromatic heterocycles. The lowest BCUT2D eigenvalue weighted by molar-refractivity contribution is -0.120. The Kier molecular flexibility index (Phi) is 8.60. The van der Waals surface area contributed by atoms with Gasteiger partial charge in [0.15, 0.2) is 0 Å². The van der Waals surface area contributed by atoms with E-state index in [1.165, 1.54) is 13.2 Å². The Morgan fingerprint density at radius 1 is 1.21 bits per heavy atom. The summed E-state index contributed by atoms with van der Waals surface area (Å²) >= 11 is 0. The zero-order valence-electron chi connectivity index (χ0n) is 19.9. The van der Waals surface area contributed by atoms with E-state index in [1.807, 2.05) is 6.08 Å². The summed E-state index contributed by atoms with van der Waals surface area (Å²) in [6.45, 7) is 1.58. The Hall–Kier alpha value is -3.01. The minimum atomic E-state index is -1.01. The molecule has 1 unspecified atom stereocenters. The Labute approximate surface area is 199 Å². The van der Waals surface area contributed by atoms with Gasteiger partial charge in [0.2, 0.25) is 11.6 Å². The maximum atomic E-state index is 13.1. The highest BCUT2D eigenvalue weighted by Crippen LogP contribution is 2.29. The lowest BCUT2D eigenvalue weighted by Crippen LogP contribution is -2.35. The van der Waals surface area contributed by atoms with Gasteiger partial charge in [0, 0.05) is 44.9 Å². The number of hydrogen-bond acceptors (Lipinski definition) is 8. The van der Waals surface area contributed by atoms with Crippen LogP contribution in [0.4, 0.5) is 0 Å². The lowest BCUT2D eigenvalue weighted by Gasteiger charge is -2.26. The summed E-state index contributed by atoms with van der Waals surface area (Å²) in [5.41, 5.74) is 0.819. The first-order valence-electron chi connectivity index (χ1n) is 11.3. The fraction of sp³-hybridized carbons (Fsp3) is 0.480. The number of likely N-dealkylation sites (N-methyl/N-ethyl adjacent to an activating group) is 1. The number of allylic oxidation sites excluding steroid dienone is 4. The van der Waals surface area contributed by atoms with Crippen molar-refractivity contribution < 1.29 is 33.7 Å². The lowest BCUT2D eigenvalue weighted by atomic mass is 9.91. The van der Waals surface area contributed by atoms with Crippen LogP contribution in [0.3, 0.4) is 0 Å². The van der Waals surface area contributed by atoms with E-state index < -0.39 is 18.1 Å². The summed E-state index contributed by atoms with van der Waals surface area (Å²) in [4.78, 5) is 38.4. The number of rotatable bonds is 3. The predicted molar refractivity (Wildman–Crippen MR) is 124 cm³/mol. The van der Waals surface area contributed by atoms with Crippen molar-refractivity contribution in [2.24, 2.45) is 0 Å². The van der Waals surface area contributed by atoms with Crippen LogP contribution in [0.25, 0.3) is 0 Å². The van der Waals surface area contributed by atoms with E-state index >= 15 is 0 Å². The molecule has 34 heavy (non-hydrogen) atoms. The van der Waals surface area contributed by atoms with Crippen molar-refractivity contribution in [1.82, 2.24) is 10.6 Å². The van der Waals surface area contributed by atoms with Crippen molar-refractivity contribution >= 4 is 17.5 Å². The van der Waals surface area contributed by atoms with Gasteiger partial charge >= 0.3 is 0 Å². The number of Topliss-reactive ketones (excluding diaryl/α,β-unsaturated/α-hetero) is 1. The Morgan fingerprint density at radius 3 is 2.65 bits per heavy atom. The molecule has 0 saturated carbocycles. The van der Waals surface area contributed by atoms with Crippen LogP contribution in [0, 0.1) is 0 Å². The van der Waals surface area contributed by atoms with Crippen molar-refractivity contribution in [2.45, 2.75) is 57.0 Å². The Morgan fingerprint density at radius 2 is 1.97 bits per heavy atom. The number of fused-ring (bicyclic) bond motifs is 4. The summed E-state index contributed by atoms with van der Waals surface area (Å²) in [6, 6.07) is 0. The summed E-state index contributed by atoms with van der Waals surface area (Å²) in [5.74, 6) is -0.855. The van der Waals surface area contributed by atoms with Gasteiger partial charge in [-0.2, -0.15) is 0 Å². The largest absolute Gasteiger partial charge is 0.489 e. The average Bonchev–Trinajstić information content (AvgIpc) is 3.31. The van der Waals surface area contributed by atoms with E-state index in [2.05, 4.69) is 10.6 Å². The molecule has 0 aromatic carbocycles. The van der Waals surface area contributed by atoms with Crippen LogP contribution in [-0.4, -0.2) is 68.3 Å². The fourth-order valence-corrected chi connectivity index (χ4v) is 4.24. The second-order valence-electron chi connectivity index (χ2n) is 8.35. The van der Waals surface area contributed by atoms with Crippen LogP contribution < -0.4 is 10.6 Å². The molecule has 1 amide bonds. The third-order valence-electron chi connectivity index (χ3n) is 6.19. The van der Waals surface area contributed by atoms with Gasteiger partial charge in [-0.3, -0.25) is 14.4 Å². The predicted octanol–water partition coefficient (Wildman–Crippen LogP) is 1.36. The normalized spacial score (nSPS) is 31.3. The van der Waals surface area contributed by atoms with Crippen molar-refractivity contribution in [3.8, 4) is 0 Å². The van der Waals surface area contributed by atoms with Gasteiger partial charge in [-0.15, -0.1) is 0 Å². The number of carbonyl (C=O) groups excluding carboxylic acids is 3. The maximum Gasteiger partial charge on any atom is 0.251 e. The van der Waals surface area contributed by atoms with Crippen LogP contribution in [0.2, 0.25) is 0 Å². The van der Waals surface area contributed by atoms with E-state index in [0.717, 1.165) is 6.08 Å². The molecule has 3 N–H and O–H groups in total. The molecule has 4 bridgehead atoms. The molecule has 0 saturated heterocycles. The smallest absolute Gasteiger partial charge is 0.251 e. The van der Waals surface area contributed by atoms with E-state index in [4.69, 9.17) is 14.2 Å². The average molecular weight is 473 g/mol. The Balaban J connectivity index is 1.94. The van der Waals surface area contributed by atoms with Crippen LogP contribution in [0.15, 0.2) is 58.7 Å². The number of methoxy groups -OCH3 is 2. The van der Waals surface area contributed by atoms with Gasteiger partial charge in [-0.1, -0.05) is 18.2 Å². The second kappa shape index (κ2) is 11.4. The van der Waals surface area contributed by atoms with Crippen molar-refractivity contribution in [3.05, 3.63) is 58.7 Å². The van der Waals surface area contributed by atoms with Gasteiger partial charge in [-0.25, -0.2) is 0 Å². The molecule has 0 fully saturated rings. The van der Waals surface area contributed by atoms with Crippen LogP contribution in [0.5, 0.6) is 0 Å². The topological polar surface area (TPSA) is 123 Å². The highest BCUT2D eigenvalue weighted by atomic mass is 16.6. The quantitative estimate of drug-likeness (QED) is 0.526. The molecule has 0 aromatic rings. The third-order valence-corrected chi connectivity index (χ3v) is 6.19. The number of aliphatic hydroxyl groups excluding tert-OH is 1. The molecule has 1 aliphatic carbocycles. The highest BCUT2D eigenvalue weighted by Gasteiger charge is 2.34. The zero-order chi connectivity index (χ0) is 24.8. The zero-order valence-corrected chi connectivity index (χ0v) is 19.9. The van der Waals surface area contributed by atoms with E-state index in [9.17, 15) is 19.5 Å². The van der Waals surface area contributed by atoms with Crippen molar-refractivity contribution in [3.63, 3.8) is 0 Å². The molecule has 0 spiro atoms. The molecule has 3 rings (SSSR count). The molecule has 3 aliphatic rings. The maximum absolute atomic E-state index is 13.1. The molecular formula is C25H32N2O7. The van der Waals surface area contributed by atoms with Crippen molar-refractivity contribution in [1.29, 1.82) is 0 Å². The fourth-order valence-electron chi connectivity index (χ4n) is 4.24. The third kappa shape index (κ3) is 5.55. The molecular weight excluding hydrogens is 440 g/mol. The number of amides is 1. The molecule has 2 aliphatic heterocycles. The number of nitrogens with one attached hydrogen (secondary N) is 2. The van der Waals surface area contributed by atoms with E-state index in [1.54, 1.807) is 33.2 Å². The Bertz CT molecular complexity index is 989. The van der Waals surface area contributed by atoms with Gasteiger partial charge in [0.05, 0.1) is 17.5 Å².